The summed E-state index contributed by atoms with van der Waals surface area (Å²) >= 11 is 0. The quantitative estimate of drug-likeness (QED) is 0.139. The highest BCUT2D eigenvalue weighted by Gasteiger charge is 2.55. The molecule has 2 N–H and O–H groups in total. The number of nitrogens with one attached hydrogen (secondary N) is 2. The zero-order valence-electron chi connectivity index (χ0n) is 22.1. The first kappa shape index (κ1) is 26.2. The topological polar surface area (TPSA) is 94.6 Å². The van der Waals surface area contributed by atoms with Crippen molar-refractivity contribution >= 4 is 23.0 Å². The zero-order valence-corrected chi connectivity index (χ0v) is 22.1. The van der Waals surface area contributed by atoms with Crippen molar-refractivity contribution in [3.05, 3.63) is 144 Å². The van der Waals surface area contributed by atoms with Gasteiger partial charge in [-0.05, 0) is 54.6 Å². The monoisotopic (exact) mass is 532 g/mol. The van der Waals surface area contributed by atoms with Crippen molar-refractivity contribution in [1.29, 1.82) is 0 Å². The number of esters is 1. The molecule has 0 fully saturated rings. The second-order valence-electron chi connectivity index (χ2n) is 8.78. The van der Waals surface area contributed by atoms with Crippen LogP contribution in [0.3, 0.4) is 0 Å². The normalized spacial score (nSPS) is 16.5. The van der Waals surface area contributed by atoms with E-state index in [1.165, 1.54) is 19.5 Å². The molecule has 0 radical (unpaired) electrons. The Morgan fingerprint density at radius 2 is 1.60 bits per heavy atom. The third kappa shape index (κ3) is 5.02. The maximum atomic E-state index is 13.1. The molecule has 200 valence electrons. The number of carbonyl (C=O) groups excluding carboxylic acids is 1. The highest BCUT2D eigenvalue weighted by molar-refractivity contribution is 5.93. The molecule has 1 atom stereocenters. The summed E-state index contributed by atoms with van der Waals surface area (Å²) < 4.78 is 17.8. The van der Waals surface area contributed by atoms with E-state index in [2.05, 4.69) is 27.2 Å². The Morgan fingerprint density at radius 3 is 2.27 bits per heavy atom. The molecule has 40 heavy (non-hydrogen) atoms. The number of cyclic esters (lactones) is 1. The van der Waals surface area contributed by atoms with Crippen LogP contribution in [0.1, 0.15) is 21.7 Å². The molecule has 0 aliphatic carbocycles. The van der Waals surface area contributed by atoms with Gasteiger partial charge >= 0.3 is 5.97 Å². The molecule has 1 aromatic heterocycles. The molecule has 8 heteroatoms. The fraction of sp³-hybridized carbons (Fsp3) is 0.0938. The van der Waals surface area contributed by atoms with Gasteiger partial charge in [0, 0.05) is 41.2 Å². The van der Waals surface area contributed by atoms with Gasteiger partial charge in [0.2, 0.25) is 5.60 Å². The minimum Gasteiger partial charge on any atom is -0.496 e. The van der Waals surface area contributed by atoms with Crippen LogP contribution in [0.25, 0.3) is 0 Å². The van der Waals surface area contributed by atoms with Crippen molar-refractivity contribution in [2.75, 3.05) is 24.9 Å². The first-order valence-corrected chi connectivity index (χ1v) is 12.6. The molecule has 0 spiro atoms. The summed E-state index contributed by atoms with van der Waals surface area (Å²) in [7, 11) is 3.07. The fourth-order valence-electron chi connectivity index (χ4n) is 4.55. The molecule has 1 unspecified atom stereocenters. The van der Waals surface area contributed by atoms with Crippen molar-refractivity contribution in [2.24, 2.45) is 0 Å². The molecule has 2 heterocycles. The van der Waals surface area contributed by atoms with Crippen molar-refractivity contribution in [3.63, 3.8) is 0 Å². The molecule has 5 rings (SSSR count). The van der Waals surface area contributed by atoms with Crippen LogP contribution in [0.15, 0.2) is 128 Å². The molecule has 4 aromatic rings. The van der Waals surface area contributed by atoms with Gasteiger partial charge in [0.1, 0.15) is 11.4 Å². The molecule has 1 aliphatic heterocycles. The second kappa shape index (κ2) is 11.6. The summed E-state index contributed by atoms with van der Waals surface area (Å²) in [6.07, 6.45) is 8.17. The Bertz CT molecular complexity index is 1590. The van der Waals surface area contributed by atoms with Gasteiger partial charge in [0.25, 0.3) is 0 Å². The fourth-order valence-corrected chi connectivity index (χ4v) is 4.55. The standard InChI is InChI=1S/C32H28N4O4/c1-4-22(35-23-11-7-5-8-12-23)16-18-28(39-3)32(30-29(31(37)40-32)33-19-20-34-30)26-17-15-25(21-27(26)38-2)36-24-13-9-6-10-14-24/h4-21,35-36H,1H2,2-3H3/b22-16+,28-18-. The number of para-hydroxylation sites is 2. The van der Waals surface area contributed by atoms with Gasteiger partial charge in [0.05, 0.1) is 19.8 Å². The summed E-state index contributed by atoms with van der Waals surface area (Å²) in [6, 6.07) is 25.0. The number of anilines is 3. The Labute approximate surface area is 232 Å². The third-order valence-electron chi connectivity index (χ3n) is 6.38. The average molecular weight is 533 g/mol. The van der Waals surface area contributed by atoms with Crippen LogP contribution in [-0.4, -0.2) is 30.2 Å². The molecule has 8 nitrogen and oxygen atoms in total. The number of aromatic nitrogens is 2. The summed E-state index contributed by atoms with van der Waals surface area (Å²) in [6.45, 7) is 3.92. The minimum atomic E-state index is -1.55. The number of methoxy groups -OCH3 is 2. The zero-order chi connectivity index (χ0) is 28.0. The smallest absolute Gasteiger partial charge is 0.360 e. The summed E-state index contributed by atoms with van der Waals surface area (Å²) in [5.74, 6) is 0.150. The molecule has 0 bridgehead atoms. The Morgan fingerprint density at radius 1 is 0.900 bits per heavy atom. The molecule has 0 saturated heterocycles. The lowest BCUT2D eigenvalue weighted by Gasteiger charge is -2.31. The maximum absolute atomic E-state index is 13.1. The van der Waals surface area contributed by atoms with Gasteiger partial charge in [-0.25, -0.2) is 9.78 Å². The van der Waals surface area contributed by atoms with Gasteiger partial charge in [-0.3, -0.25) is 4.98 Å². The number of carbonyl (C=O) groups is 1. The van der Waals surface area contributed by atoms with E-state index in [4.69, 9.17) is 14.2 Å². The predicted molar refractivity (Wildman–Crippen MR) is 154 cm³/mol. The van der Waals surface area contributed by atoms with E-state index in [0.29, 0.717) is 28.5 Å². The van der Waals surface area contributed by atoms with Crippen LogP contribution in [0.4, 0.5) is 17.1 Å². The van der Waals surface area contributed by atoms with Crippen LogP contribution in [-0.2, 0) is 15.1 Å². The lowest BCUT2D eigenvalue weighted by Crippen LogP contribution is -2.33. The number of hydrogen-bond acceptors (Lipinski definition) is 8. The number of benzene rings is 3. The van der Waals surface area contributed by atoms with Gasteiger partial charge < -0.3 is 24.8 Å². The average Bonchev–Trinajstić information content (AvgIpc) is 3.30. The van der Waals surface area contributed by atoms with E-state index < -0.39 is 11.6 Å². The molecule has 0 saturated carbocycles. The van der Waals surface area contributed by atoms with Crippen molar-refractivity contribution in [2.45, 2.75) is 5.60 Å². The van der Waals surface area contributed by atoms with Gasteiger partial charge in [0.15, 0.2) is 11.5 Å². The Hall–Kier alpha value is -5.37. The number of hydrogen-bond donors (Lipinski definition) is 2. The van der Waals surface area contributed by atoms with E-state index >= 15 is 0 Å². The second-order valence-corrected chi connectivity index (χ2v) is 8.78. The van der Waals surface area contributed by atoms with Gasteiger partial charge in [-0.2, -0.15) is 0 Å². The SMILES string of the molecule is C=C/C(=C\C=C(/OC)C1(c2ccc(Nc3ccccc3)cc2OC)OC(=O)c2nccnc21)Nc1ccccc1. The Kier molecular flexibility index (Phi) is 7.59. The molecular weight excluding hydrogens is 504 g/mol. The van der Waals surface area contributed by atoms with Crippen molar-refractivity contribution < 1.29 is 19.0 Å². The highest BCUT2D eigenvalue weighted by Crippen LogP contribution is 2.49. The molecular formula is C32H28N4O4. The minimum absolute atomic E-state index is 0.106. The van der Waals surface area contributed by atoms with Crippen LogP contribution in [0.5, 0.6) is 5.75 Å². The summed E-state index contributed by atoms with van der Waals surface area (Å²) in [4.78, 5) is 21.9. The van der Waals surface area contributed by atoms with Crippen LogP contribution < -0.4 is 15.4 Å². The van der Waals surface area contributed by atoms with Crippen LogP contribution >= 0.6 is 0 Å². The molecule has 0 amide bonds. The van der Waals surface area contributed by atoms with E-state index in [1.54, 1.807) is 25.3 Å². The Balaban J connectivity index is 1.64. The number of ether oxygens (including phenoxy) is 3. The van der Waals surface area contributed by atoms with Crippen molar-refractivity contribution in [3.8, 4) is 5.75 Å². The number of allylic oxidation sites excluding steroid dienone is 3. The first-order valence-electron chi connectivity index (χ1n) is 12.6. The largest absolute Gasteiger partial charge is 0.496 e. The molecule has 1 aliphatic rings. The third-order valence-corrected chi connectivity index (χ3v) is 6.38. The van der Waals surface area contributed by atoms with E-state index in [-0.39, 0.29) is 5.69 Å². The highest BCUT2D eigenvalue weighted by atomic mass is 16.6. The summed E-state index contributed by atoms with van der Waals surface area (Å²) in [5.41, 5.74) is 2.68. The van der Waals surface area contributed by atoms with E-state index in [1.807, 2.05) is 78.9 Å². The number of fused-ring (bicyclic) bond motifs is 1. The van der Waals surface area contributed by atoms with E-state index in [0.717, 1.165) is 17.1 Å². The van der Waals surface area contributed by atoms with Gasteiger partial charge in [-0.1, -0.05) is 43.0 Å². The molecule has 3 aromatic carbocycles. The lowest BCUT2D eigenvalue weighted by molar-refractivity contribution is 0.00243. The summed E-state index contributed by atoms with van der Waals surface area (Å²) in [5, 5.41) is 6.67. The predicted octanol–water partition coefficient (Wildman–Crippen LogP) is 6.36. The first-order chi connectivity index (χ1) is 19.6. The van der Waals surface area contributed by atoms with Gasteiger partial charge in [-0.15, -0.1) is 0 Å². The lowest BCUT2D eigenvalue weighted by atomic mass is 9.86. The number of nitrogens with zero attached hydrogens (tertiary/aromatic N) is 2. The maximum Gasteiger partial charge on any atom is 0.360 e. The number of rotatable bonds is 10. The van der Waals surface area contributed by atoms with Crippen LogP contribution in [0, 0.1) is 0 Å². The van der Waals surface area contributed by atoms with Crippen molar-refractivity contribution in [1.82, 2.24) is 9.97 Å². The van der Waals surface area contributed by atoms with Crippen LogP contribution in [0.2, 0.25) is 0 Å². The van der Waals surface area contributed by atoms with E-state index in [9.17, 15) is 4.79 Å².